The van der Waals surface area contributed by atoms with Crippen LogP contribution in [0.15, 0.2) is 12.4 Å². The van der Waals surface area contributed by atoms with E-state index in [4.69, 9.17) is 5.73 Å². The number of rotatable bonds is 2. The first-order valence-corrected chi connectivity index (χ1v) is 4.09. The Bertz CT molecular complexity index is 254. The first-order valence-electron chi connectivity index (χ1n) is 4.09. The largest absolute Gasteiger partial charge is 0.327 e. The fourth-order valence-electron chi connectivity index (χ4n) is 1.34. The predicted octanol–water partition coefficient (Wildman–Crippen LogP) is 0.718. The minimum atomic E-state index is 0.393. The molecule has 3 heteroatoms. The van der Waals surface area contributed by atoms with Crippen molar-refractivity contribution in [2.24, 2.45) is 5.73 Å². The molecule has 1 saturated carbocycles. The molecule has 0 bridgehead atoms. The summed E-state index contributed by atoms with van der Waals surface area (Å²) in [6.07, 6.45) is 5.16. The lowest BCUT2D eigenvalue weighted by atomic mass is 10.2. The van der Waals surface area contributed by atoms with Crippen LogP contribution in [-0.2, 0) is 6.54 Å². The Balaban J connectivity index is 2.13. The number of nitrogens with zero attached hydrogens (tertiary/aromatic N) is 2. The van der Waals surface area contributed by atoms with Crippen molar-refractivity contribution in [1.29, 1.82) is 0 Å². The lowest BCUT2D eigenvalue weighted by molar-refractivity contribution is 0.659. The van der Waals surface area contributed by atoms with Gasteiger partial charge in [-0.1, -0.05) is 0 Å². The number of hydrogen-bond donors (Lipinski definition) is 1. The second-order valence-corrected chi connectivity index (χ2v) is 3.14. The van der Waals surface area contributed by atoms with Crippen LogP contribution in [0.3, 0.4) is 0 Å². The Morgan fingerprint density at radius 2 is 2.55 bits per heavy atom. The molecule has 0 aliphatic heterocycles. The molecule has 0 radical (unpaired) electrons. The van der Waals surface area contributed by atoms with Gasteiger partial charge in [0.25, 0.3) is 0 Å². The standard InChI is InChI=1S/C8H13N3/c1-2-11-5-6(4-10-11)7-3-8(7)9/h4-5,7-8H,2-3,9H2,1H3/t7-,8+/m1/s1. The first kappa shape index (κ1) is 6.85. The number of aryl methyl sites for hydroxylation is 1. The summed E-state index contributed by atoms with van der Waals surface area (Å²) in [5.41, 5.74) is 7.02. The number of hydrogen-bond acceptors (Lipinski definition) is 2. The third kappa shape index (κ3) is 1.16. The van der Waals surface area contributed by atoms with Crippen molar-refractivity contribution in [1.82, 2.24) is 9.78 Å². The van der Waals surface area contributed by atoms with Gasteiger partial charge in [0.15, 0.2) is 0 Å². The van der Waals surface area contributed by atoms with E-state index < -0.39 is 0 Å². The summed E-state index contributed by atoms with van der Waals surface area (Å²) in [6, 6.07) is 0.393. The van der Waals surface area contributed by atoms with Gasteiger partial charge in [-0.15, -0.1) is 0 Å². The fourth-order valence-corrected chi connectivity index (χ4v) is 1.34. The molecule has 2 rings (SSSR count). The summed E-state index contributed by atoms with van der Waals surface area (Å²) in [4.78, 5) is 0. The van der Waals surface area contributed by atoms with Gasteiger partial charge in [0, 0.05) is 24.7 Å². The van der Waals surface area contributed by atoms with Crippen molar-refractivity contribution in [3.8, 4) is 0 Å². The van der Waals surface area contributed by atoms with Gasteiger partial charge in [0.2, 0.25) is 0 Å². The van der Waals surface area contributed by atoms with E-state index in [0.29, 0.717) is 12.0 Å². The molecule has 1 aliphatic rings. The average Bonchev–Trinajstić information content (AvgIpc) is 2.59. The number of aromatic nitrogens is 2. The lowest BCUT2D eigenvalue weighted by Gasteiger charge is -1.91. The molecule has 0 unspecified atom stereocenters. The van der Waals surface area contributed by atoms with Crippen LogP contribution in [0.5, 0.6) is 0 Å². The van der Waals surface area contributed by atoms with Crippen molar-refractivity contribution in [2.45, 2.75) is 31.8 Å². The summed E-state index contributed by atoms with van der Waals surface area (Å²) in [5, 5.41) is 4.19. The topological polar surface area (TPSA) is 43.8 Å². The molecule has 1 aromatic rings. The molecular formula is C8H13N3. The highest BCUT2D eigenvalue weighted by Gasteiger charge is 2.35. The third-order valence-corrected chi connectivity index (χ3v) is 2.25. The minimum Gasteiger partial charge on any atom is -0.327 e. The van der Waals surface area contributed by atoms with Crippen molar-refractivity contribution in [2.75, 3.05) is 0 Å². The maximum atomic E-state index is 5.71. The molecule has 1 aliphatic carbocycles. The summed E-state index contributed by atoms with van der Waals surface area (Å²) in [6.45, 7) is 3.03. The maximum Gasteiger partial charge on any atom is 0.0525 e. The SMILES string of the molecule is CCn1cc([C@H]2C[C@@H]2N)cn1. The van der Waals surface area contributed by atoms with Gasteiger partial charge in [-0.2, -0.15) is 5.10 Å². The molecule has 2 N–H and O–H groups in total. The normalized spacial score (nSPS) is 28.9. The van der Waals surface area contributed by atoms with Gasteiger partial charge < -0.3 is 5.73 Å². The first-order chi connectivity index (χ1) is 5.31. The molecule has 0 amide bonds. The molecule has 11 heavy (non-hydrogen) atoms. The zero-order valence-corrected chi connectivity index (χ0v) is 6.70. The summed E-state index contributed by atoms with van der Waals surface area (Å²) < 4.78 is 1.94. The van der Waals surface area contributed by atoms with Crippen LogP contribution in [-0.4, -0.2) is 15.8 Å². The highest BCUT2D eigenvalue weighted by molar-refractivity contribution is 5.22. The zero-order chi connectivity index (χ0) is 7.84. The summed E-state index contributed by atoms with van der Waals surface area (Å²) in [5.74, 6) is 0.593. The van der Waals surface area contributed by atoms with Gasteiger partial charge in [-0.05, 0) is 18.9 Å². The maximum absolute atomic E-state index is 5.71. The molecule has 1 aromatic heterocycles. The van der Waals surface area contributed by atoms with E-state index >= 15 is 0 Å². The fraction of sp³-hybridized carbons (Fsp3) is 0.625. The predicted molar refractivity (Wildman–Crippen MR) is 43.2 cm³/mol. The lowest BCUT2D eigenvalue weighted by Crippen LogP contribution is -2.00. The van der Waals surface area contributed by atoms with Crippen LogP contribution in [0.2, 0.25) is 0 Å². The van der Waals surface area contributed by atoms with E-state index in [9.17, 15) is 0 Å². The highest BCUT2D eigenvalue weighted by atomic mass is 15.3. The van der Waals surface area contributed by atoms with E-state index in [1.165, 1.54) is 5.56 Å². The Kier molecular flexibility index (Phi) is 1.46. The Morgan fingerprint density at radius 3 is 3.00 bits per heavy atom. The Morgan fingerprint density at radius 1 is 1.82 bits per heavy atom. The molecule has 2 atom stereocenters. The van der Waals surface area contributed by atoms with Crippen LogP contribution in [0.4, 0.5) is 0 Å². The van der Waals surface area contributed by atoms with E-state index in [0.717, 1.165) is 13.0 Å². The highest BCUT2D eigenvalue weighted by Crippen LogP contribution is 2.38. The molecule has 0 aromatic carbocycles. The van der Waals surface area contributed by atoms with Crippen molar-refractivity contribution in [3.63, 3.8) is 0 Å². The molecular weight excluding hydrogens is 138 g/mol. The van der Waals surface area contributed by atoms with Crippen molar-refractivity contribution in [3.05, 3.63) is 18.0 Å². The molecule has 0 spiro atoms. The summed E-state index contributed by atoms with van der Waals surface area (Å²) >= 11 is 0. The van der Waals surface area contributed by atoms with Crippen LogP contribution in [0.25, 0.3) is 0 Å². The average molecular weight is 151 g/mol. The van der Waals surface area contributed by atoms with Crippen molar-refractivity contribution >= 4 is 0 Å². The van der Waals surface area contributed by atoms with Gasteiger partial charge in [0.05, 0.1) is 6.20 Å². The van der Waals surface area contributed by atoms with Gasteiger partial charge in [0.1, 0.15) is 0 Å². The van der Waals surface area contributed by atoms with Crippen LogP contribution >= 0.6 is 0 Å². The minimum absolute atomic E-state index is 0.393. The van der Waals surface area contributed by atoms with E-state index in [-0.39, 0.29) is 0 Å². The third-order valence-electron chi connectivity index (χ3n) is 2.25. The van der Waals surface area contributed by atoms with Crippen LogP contribution in [0, 0.1) is 0 Å². The molecule has 1 fully saturated rings. The monoisotopic (exact) mass is 151 g/mol. The molecule has 60 valence electrons. The molecule has 1 heterocycles. The van der Waals surface area contributed by atoms with Gasteiger partial charge >= 0.3 is 0 Å². The van der Waals surface area contributed by atoms with E-state index in [1.807, 2.05) is 10.9 Å². The van der Waals surface area contributed by atoms with Gasteiger partial charge in [-0.25, -0.2) is 0 Å². The summed E-state index contributed by atoms with van der Waals surface area (Å²) in [7, 11) is 0. The smallest absolute Gasteiger partial charge is 0.0525 e. The second-order valence-electron chi connectivity index (χ2n) is 3.14. The quantitative estimate of drug-likeness (QED) is 0.676. The van der Waals surface area contributed by atoms with Gasteiger partial charge in [-0.3, -0.25) is 4.68 Å². The Hall–Kier alpha value is -0.830. The molecule has 0 saturated heterocycles. The molecule has 3 nitrogen and oxygen atoms in total. The van der Waals surface area contributed by atoms with E-state index in [2.05, 4.69) is 18.2 Å². The van der Waals surface area contributed by atoms with Crippen molar-refractivity contribution < 1.29 is 0 Å². The Labute approximate surface area is 66.2 Å². The van der Waals surface area contributed by atoms with E-state index in [1.54, 1.807) is 0 Å². The second kappa shape index (κ2) is 2.34. The number of nitrogens with two attached hydrogens (primary N) is 1. The van der Waals surface area contributed by atoms with Crippen LogP contribution < -0.4 is 5.73 Å². The zero-order valence-electron chi connectivity index (χ0n) is 6.70. The van der Waals surface area contributed by atoms with Crippen LogP contribution in [0.1, 0.15) is 24.8 Å².